The van der Waals surface area contributed by atoms with Crippen LogP contribution in [0.15, 0.2) is 9.59 Å². The van der Waals surface area contributed by atoms with Crippen molar-refractivity contribution >= 4 is 11.5 Å². The van der Waals surface area contributed by atoms with Gasteiger partial charge < -0.3 is 14.5 Å². The van der Waals surface area contributed by atoms with Crippen LogP contribution in [-0.2, 0) is 11.8 Å². The van der Waals surface area contributed by atoms with Gasteiger partial charge in [0.1, 0.15) is 11.5 Å². The molecule has 1 fully saturated rings. The smallest absolute Gasteiger partial charge is 0.329 e. The molecule has 224 valence electrons. The highest BCUT2D eigenvalue weighted by molar-refractivity contribution is 5.71. The van der Waals surface area contributed by atoms with Crippen LogP contribution in [0.2, 0.25) is 0 Å². The van der Waals surface area contributed by atoms with Gasteiger partial charge in [-0.25, -0.2) is 4.79 Å². The SMILES string of the molecule is CCCCCCCCCCCCN1COC(CCCCCCCCCN2CN(C)c3c2n(C)c(=O)[nH]c3=O)C1. The summed E-state index contributed by atoms with van der Waals surface area (Å²) in [6, 6.07) is 0. The number of nitrogens with one attached hydrogen (secondary N) is 1. The molecular weight excluding hydrogens is 490 g/mol. The summed E-state index contributed by atoms with van der Waals surface area (Å²) in [6.07, 6.45) is 24.3. The van der Waals surface area contributed by atoms with Gasteiger partial charge in [-0.2, -0.15) is 0 Å². The summed E-state index contributed by atoms with van der Waals surface area (Å²) in [6.45, 7) is 7.00. The van der Waals surface area contributed by atoms with Crippen molar-refractivity contribution in [3.63, 3.8) is 0 Å². The molecule has 0 aliphatic carbocycles. The number of hydrogen-bond donors (Lipinski definition) is 1. The normalized spacial score (nSPS) is 17.5. The first-order valence-corrected chi connectivity index (χ1v) is 16.1. The number of unbranched alkanes of at least 4 members (excludes halogenated alkanes) is 15. The number of aromatic amines is 1. The number of rotatable bonds is 21. The van der Waals surface area contributed by atoms with E-state index in [4.69, 9.17) is 4.74 Å². The van der Waals surface area contributed by atoms with Crippen molar-refractivity contribution in [3.05, 3.63) is 20.8 Å². The van der Waals surface area contributed by atoms with Crippen LogP contribution in [0.25, 0.3) is 0 Å². The summed E-state index contributed by atoms with van der Waals surface area (Å²) in [4.78, 5) is 33.2. The maximum absolute atomic E-state index is 12.2. The number of hydrogen-bond acceptors (Lipinski definition) is 6. The van der Waals surface area contributed by atoms with Crippen molar-refractivity contribution in [2.24, 2.45) is 7.05 Å². The highest BCUT2D eigenvalue weighted by Gasteiger charge is 2.29. The Morgan fingerprint density at radius 1 is 0.769 bits per heavy atom. The fraction of sp³-hybridized carbons (Fsp3) is 0.871. The number of fused-ring (bicyclic) bond motifs is 1. The van der Waals surface area contributed by atoms with Gasteiger partial charge in [0.25, 0.3) is 5.56 Å². The number of anilines is 2. The highest BCUT2D eigenvalue weighted by atomic mass is 16.5. The van der Waals surface area contributed by atoms with Gasteiger partial charge >= 0.3 is 5.69 Å². The van der Waals surface area contributed by atoms with Gasteiger partial charge in [0.05, 0.1) is 19.5 Å². The molecule has 8 heteroatoms. The zero-order valence-corrected chi connectivity index (χ0v) is 25.4. The van der Waals surface area contributed by atoms with Gasteiger partial charge in [-0.15, -0.1) is 0 Å². The van der Waals surface area contributed by atoms with E-state index in [1.54, 1.807) is 11.6 Å². The zero-order chi connectivity index (χ0) is 27.9. The molecule has 0 aromatic carbocycles. The summed E-state index contributed by atoms with van der Waals surface area (Å²) >= 11 is 0. The molecule has 0 spiro atoms. The molecule has 1 N–H and O–H groups in total. The van der Waals surface area contributed by atoms with E-state index >= 15 is 0 Å². The summed E-state index contributed by atoms with van der Waals surface area (Å²) in [7, 11) is 3.64. The third-order valence-electron chi connectivity index (χ3n) is 8.57. The number of H-pyrrole nitrogens is 1. The van der Waals surface area contributed by atoms with Gasteiger partial charge in [-0.3, -0.25) is 19.2 Å². The first-order valence-electron chi connectivity index (χ1n) is 16.1. The lowest BCUT2D eigenvalue weighted by molar-refractivity contribution is 0.0830. The van der Waals surface area contributed by atoms with Crippen LogP contribution >= 0.6 is 0 Å². The first-order chi connectivity index (χ1) is 19.0. The molecule has 1 aromatic rings. The molecule has 8 nitrogen and oxygen atoms in total. The summed E-state index contributed by atoms with van der Waals surface area (Å²) in [5.41, 5.74) is -0.0305. The molecule has 1 unspecified atom stereocenters. The van der Waals surface area contributed by atoms with Crippen LogP contribution in [0.3, 0.4) is 0 Å². The van der Waals surface area contributed by atoms with Crippen LogP contribution in [0.1, 0.15) is 122 Å². The fourth-order valence-corrected chi connectivity index (χ4v) is 6.19. The molecule has 3 rings (SSSR count). The molecule has 1 atom stereocenters. The molecule has 39 heavy (non-hydrogen) atoms. The van der Waals surface area contributed by atoms with Crippen LogP contribution in [0, 0.1) is 0 Å². The quantitative estimate of drug-likeness (QED) is 0.191. The van der Waals surface area contributed by atoms with E-state index in [1.807, 2.05) is 11.9 Å². The molecule has 3 heterocycles. The predicted octanol–water partition coefficient (Wildman–Crippen LogP) is 5.99. The predicted molar refractivity (Wildman–Crippen MR) is 163 cm³/mol. The molecule has 2 aliphatic heterocycles. The van der Waals surface area contributed by atoms with Gasteiger partial charge in [-0.1, -0.05) is 103 Å². The summed E-state index contributed by atoms with van der Waals surface area (Å²) in [5, 5.41) is 0. The van der Waals surface area contributed by atoms with Crippen LogP contribution in [0.4, 0.5) is 11.5 Å². The first kappa shape index (κ1) is 31.7. The van der Waals surface area contributed by atoms with E-state index in [1.165, 1.54) is 116 Å². The van der Waals surface area contributed by atoms with E-state index in [-0.39, 0.29) is 11.2 Å². The Kier molecular flexibility index (Phi) is 14.5. The number of nitrogens with zero attached hydrogens (tertiary/aromatic N) is 4. The maximum Gasteiger partial charge on any atom is 0.329 e. The summed E-state index contributed by atoms with van der Waals surface area (Å²) < 4.78 is 7.61. The summed E-state index contributed by atoms with van der Waals surface area (Å²) in [5.74, 6) is 0.752. The van der Waals surface area contributed by atoms with Crippen LogP contribution < -0.4 is 21.0 Å². The van der Waals surface area contributed by atoms with Crippen LogP contribution in [0.5, 0.6) is 0 Å². The van der Waals surface area contributed by atoms with Gasteiger partial charge in [0, 0.05) is 33.7 Å². The lowest BCUT2D eigenvalue weighted by Crippen LogP contribution is -2.32. The molecule has 0 bridgehead atoms. The van der Waals surface area contributed by atoms with Crippen molar-refractivity contribution in [1.82, 2.24) is 14.5 Å². The highest BCUT2D eigenvalue weighted by Crippen LogP contribution is 2.30. The van der Waals surface area contributed by atoms with E-state index in [0.717, 1.165) is 32.1 Å². The Bertz CT molecular complexity index is 930. The third-order valence-corrected chi connectivity index (χ3v) is 8.57. The third kappa shape index (κ3) is 10.6. The number of ether oxygens (including phenoxy) is 1. The van der Waals surface area contributed by atoms with Gasteiger partial charge in [0.2, 0.25) is 0 Å². The topological polar surface area (TPSA) is 73.8 Å². The lowest BCUT2D eigenvalue weighted by Gasteiger charge is -2.20. The Labute approximate surface area is 237 Å². The fourth-order valence-electron chi connectivity index (χ4n) is 6.19. The Hall–Kier alpha value is -1.80. The van der Waals surface area contributed by atoms with E-state index in [2.05, 4.69) is 21.7 Å². The standard InChI is InChI=1S/C31H57N5O3/c1-4-5-6-7-8-9-10-13-16-19-22-35-24-27(39-26-35)21-18-15-12-11-14-17-20-23-36-25-33(2)28-29(37)32-31(38)34(3)30(28)36/h27H,4-26H2,1-3H3,(H,32,37,38). The largest absolute Gasteiger partial charge is 0.362 e. The van der Waals surface area contributed by atoms with E-state index in [0.29, 0.717) is 18.5 Å². The molecule has 1 saturated heterocycles. The molecule has 0 radical (unpaired) electrons. The molecular formula is C31H57N5O3. The van der Waals surface area contributed by atoms with Gasteiger partial charge in [0.15, 0.2) is 0 Å². The Morgan fingerprint density at radius 3 is 1.97 bits per heavy atom. The molecule has 2 aliphatic rings. The minimum Gasteiger partial charge on any atom is -0.362 e. The monoisotopic (exact) mass is 547 g/mol. The van der Waals surface area contributed by atoms with E-state index < -0.39 is 0 Å². The lowest BCUT2D eigenvalue weighted by atomic mass is 10.1. The van der Waals surface area contributed by atoms with Crippen molar-refractivity contribution < 1.29 is 4.74 Å². The second kappa shape index (κ2) is 17.8. The number of aromatic nitrogens is 2. The minimum atomic E-state index is -0.344. The van der Waals surface area contributed by atoms with Crippen LogP contribution in [-0.4, -0.2) is 60.6 Å². The second-order valence-electron chi connectivity index (χ2n) is 12.0. The Morgan fingerprint density at radius 2 is 1.33 bits per heavy atom. The van der Waals surface area contributed by atoms with Crippen molar-refractivity contribution in [2.75, 3.05) is 49.9 Å². The van der Waals surface area contributed by atoms with Crippen molar-refractivity contribution in [1.29, 1.82) is 0 Å². The minimum absolute atomic E-state index is 0.289. The molecule has 0 amide bonds. The van der Waals surface area contributed by atoms with Crippen molar-refractivity contribution in [2.45, 2.75) is 129 Å². The zero-order valence-electron chi connectivity index (χ0n) is 25.4. The Balaban J connectivity index is 1.13. The average molecular weight is 548 g/mol. The molecule has 1 aromatic heterocycles. The maximum atomic E-state index is 12.2. The van der Waals surface area contributed by atoms with Crippen molar-refractivity contribution in [3.8, 4) is 0 Å². The molecule has 0 saturated carbocycles. The van der Waals surface area contributed by atoms with E-state index in [9.17, 15) is 9.59 Å². The average Bonchev–Trinajstić information content (AvgIpc) is 3.51. The van der Waals surface area contributed by atoms with Gasteiger partial charge in [-0.05, 0) is 19.3 Å². The second-order valence-corrected chi connectivity index (χ2v) is 12.0.